The highest BCUT2D eigenvalue weighted by Crippen LogP contribution is 2.20. The van der Waals surface area contributed by atoms with Crippen LogP contribution in [-0.4, -0.2) is 31.8 Å². The van der Waals surface area contributed by atoms with Crippen molar-refractivity contribution in [1.29, 1.82) is 0 Å². The molecule has 19 heavy (non-hydrogen) atoms. The number of ether oxygens (including phenoxy) is 1. The molecule has 0 aromatic heterocycles. The van der Waals surface area contributed by atoms with E-state index < -0.39 is 18.0 Å². The zero-order valence-corrected chi connectivity index (χ0v) is 11.1. The second-order valence-electron chi connectivity index (χ2n) is 4.20. The smallest absolute Gasteiger partial charge is 0.408 e. The van der Waals surface area contributed by atoms with E-state index in [-0.39, 0.29) is 12.5 Å². The summed E-state index contributed by atoms with van der Waals surface area (Å²) >= 11 is 0. The van der Waals surface area contributed by atoms with Crippen LogP contribution in [0, 0.1) is 5.92 Å². The predicted octanol–water partition coefficient (Wildman–Crippen LogP) is 1.30. The molecule has 2 atom stereocenters. The average molecular weight is 268 g/mol. The molecule has 6 heteroatoms. The quantitative estimate of drug-likeness (QED) is 0.562. The van der Waals surface area contributed by atoms with Crippen molar-refractivity contribution in [2.24, 2.45) is 5.92 Å². The molecule has 6 nitrogen and oxygen atoms in total. The van der Waals surface area contributed by atoms with Crippen LogP contribution < -0.4 is 10.8 Å². The van der Waals surface area contributed by atoms with Gasteiger partial charge < -0.3 is 10.1 Å². The molecule has 2 unspecified atom stereocenters. The Balaban J connectivity index is 2.65. The molecular formula is C13H20N2O4. The number of hydrogen-bond donors (Lipinski definition) is 2. The van der Waals surface area contributed by atoms with Crippen molar-refractivity contribution < 1.29 is 19.2 Å². The van der Waals surface area contributed by atoms with Crippen molar-refractivity contribution in [3.8, 4) is 0 Å². The van der Waals surface area contributed by atoms with Crippen molar-refractivity contribution in [1.82, 2.24) is 10.8 Å². The van der Waals surface area contributed by atoms with Crippen molar-refractivity contribution in [2.45, 2.75) is 25.3 Å². The standard InChI is InChI=1S/C13H20N2O4/c1-3-9-19-13(17)14-11(12(16)15-18-2)10-7-5-4-6-8-10/h3,5,7,10-11H,1,4,6,8-9H2,2H3,(H,14,17)(H,15,16). The van der Waals surface area contributed by atoms with E-state index in [0.29, 0.717) is 0 Å². The van der Waals surface area contributed by atoms with Crippen molar-refractivity contribution in [2.75, 3.05) is 13.7 Å². The molecule has 0 heterocycles. The van der Waals surface area contributed by atoms with Gasteiger partial charge in [0.15, 0.2) is 0 Å². The Kier molecular flexibility index (Phi) is 6.67. The summed E-state index contributed by atoms with van der Waals surface area (Å²) in [6.07, 6.45) is 7.59. The first-order valence-electron chi connectivity index (χ1n) is 6.22. The van der Waals surface area contributed by atoms with Crippen LogP contribution in [0.15, 0.2) is 24.8 Å². The van der Waals surface area contributed by atoms with Gasteiger partial charge in [0.1, 0.15) is 12.6 Å². The van der Waals surface area contributed by atoms with Crippen molar-refractivity contribution in [3.05, 3.63) is 24.8 Å². The fourth-order valence-electron chi connectivity index (χ4n) is 1.95. The molecule has 0 saturated heterocycles. The van der Waals surface area contributed by atoms with E-state index in [1.54, 1.807) is 0 Å². The van der Waals surface area contributed by atoms with E-state index in [1.807, 2.05) is 12.2 Å². The lowest BCUT2D eigenvalue weighted by Gasteiger charge is -2.26. The summed E-state index contributed by atoms with van der Waals surface area (Å²) in [5, 5.41) is 2.55. The zero-order valence-electron chi connectivity index (χ0n) is 11.1. The fraction of sp³-hybridized carbons (Fsp3) is 0.538. The van der Waals surface area contributed by atoms with E-state index in [4.69, 9.17) is 4.74 Å². The van der Waals surface area contributed by atoms with Crippen LogP contribution >= 0.6 is 0 Å². The molecule has 0 aromatic rings. The van der Waals surface area contributed by atoms with Crippen LogP contribution in [0.5, 0.6) is 0 Å². The Morgan fingerprint density at radius 2 is 2.37 bits per heavy atom. The molecule has 1 aliphatic rings. The van der Waals surface area contributed by atoms with Gasteiger partial charge in [-0.15, -0.1) is 0 Å². The maximum Gasteiger partial charge on any atom is 0.408 e. The van der Waals surface area contributed by atoms with Crippen LogP contribution in [0.1, 0.15) is 19.3 Å². The van der Waals surface area contributed by atoms with Gasteiger partial charge in [-0.2, -0.15) is 0 Å². The number of hydroxylamine groups is 1. The van der Waals surface area contributed by atoms with E-state index in [9.17, 15) is 9.59 Å². The minimum atomic E-state index is -0.700. The van der Waals surface area contributed by atoms with Crippen molar-refractivity contribution >= 4 is 12.0 Å². The van der Waals surface area contributed by atoms with E-state index in [0.717, 1.165) is 19.3 Å². The summed E-state index contributed by atoms with van der Waals surface area (Å²) < 4.78 is 4.83. The highest BCUT2D eigenvalue weighted by Gasteiger charge is 2.29. The van der Waals surface area contributed by atoms with Gasteiger partial charge in [0.05, 0.1) is 7.11 Å². The first-order chi connectivity index (χ1) is 9.19. The molecule has 0 radical (unpaired) electrons. The average Bonchev–Trinajstić information content (AvgIpc) is 2.43. The molecular weight excluding hydrogens is 248 g/mol. The van der Waals surface area contributed by atoms with Gasteiger partial charge in [0.2, 0.25) is 0 Å². The lowest BCUT2D eigenvalue weighted by molar-refractivity contribution is -0.134. The van der Waals surface area contributed by atoms with Gasteiger partial charge in [-0.3, -0.25) is 9.63 Å². The monoisotopic (exact) mass is 268 g/mol. The summed E-state index contributed by atoms with van der Waals surface area (Å²) in [4.78, 5) is 28.0. The molecule has 2 N–H and O–H groups in total. The number of alkyl carbamates (subject to hydrolysis) is 1. The third kappa shape index (κ3) is 5.13. The van der Waals surface area contributed by atoms with E-state index in [1.165, 1.54) is 13.2 Å². The largest absolute Gasteiger partial charge is 0.445 e. The Morgan fingerprint density at radius 3 is 2.95 bits per heavy atom. The molecule has 0 aliphatic heterocycles. The molecule has 1 aliphatic carbocycles. The number of nitrogens with one attached hydrogen (secondary N) is 2. The molecule has 2 amide bonds. The van der Waals surface area contributed by atoms with Crippen LogP contribution in [0.4, 0.5) is 4.79 Å². The normalized spacial score (nSPS) is 19.3. The van der Waals surface area contributed by atoms with Crippen LogP contribution in [0.25, 0.3) is 0 Å². The lowest BCUT2D eigenvalue weighted by atomic mass is 9.89. The highest BCUT2D eigenvalue weighted by atomic mass is 16.6. The van der Waals surface area contributed by atoms with Crippen LogP contribution in [-0.2, 0) is 14.4 Å². The second kappa shape index (κ2) is 8.31. The first-order valence-corrected chi connectivity index (χ1v) is 6.22. The highest BCUT2D eigenvalue weighted by molar-refractivity contribution is 5.85. The van der Waals surface area contributed by atoms with Crippen LogP contribution in [0.3, 0.4) is 0 Å². The molecule has 0 bridgehead atoms. The van der Waals surface area contributed by atoms with Gasteiger partial charge in [0.25, 0.3) is 5.91 Å². The van der Waals surface area contributed by atoms with Gasteiger partial charge in [0, 0.05) is 5.92 Å². The molecule has 1 rings (SSSR count). The zero-order chi connectivity index (χ0) is 14.1. The summed E-state index contributed by atoms with van der Waals surface area (Å²) in [7, 11) is 1.35. The van der Waals surface area contributed by atoms with Gasteiger partial charge in [-0.25, -0.2) is 10.3 Å². The van der Waals surface area contributed by atoms with Gasteiger partial charge in [-0.05, 0) is 19.3 Å². The Labute approximate surface area is 112 Å². The minimum Gasteiger partial charge on any atom is -0.445 e. The number of carbonyl (C=O) groups is 2. The van der Waals surface area contributed by atoms with E-state index in [2.05, 4.69) is 22.2 Å². The Hall–Kier alpha value is -1.82. The predicted molar refractivity (Wildman–Crippen MR) is 70.1 cm³/mol. The maximum atomic E-state index is 11.9. The number of carbonyl (C=O) groups excluding carboxylic acids is 2. The number of amides is 2. The first kappa shape index (κ1) is 15.2. The summed E-state index contributed by atoms with van der Waals surface area (Å²) in [5.41, 5.74) is 2.24. The fourth-order valence-corrected chi connectivity index (χ4v) is 1.95. The molecule has 106 valence electrons. The third-order valence-electron chi connectivity index (χ3n) is 2.81. The lowest BCUT2D eigenvalue weighted by Crippen LogP contribution is -2.50. The summed E-state index contributed by atoms with van der Waals surface area (Å²) in [6, 6.07) is -0.700. The summed E-state index contributed by atoms with van der Waals surface area (Å²) in [6.45, 7) is 3.55. The Bertz CT molecular complexity index is 355. The van der Waals surface area contributed by atoms with Gasteiger partial charge in [-0.1, -0.05) is 24.8 Å². The number of rotatable bonds is 6. The second-order valence-corrected chi connectivity index (χ2v) is 4.20. The SMILES string of the molecule is C=CCOC(=O)NC(C(=O)NOC)C1C=CCCC1. The number of allylic oxidation sites excluding steroid dienone is 1. The molecule has 0 fully saturated rings. The number of hydrogen-bond acceptors (Lipinski definition) is 4. The third-order valence-corrected chi connectivity index (χ3v) is 2.81. The topological polar surface area (TPSA) is 76.7 Å². The van der Waals surface area contributed by atoms with Crippen LogP contribution in [0.2, 0.25) is 0 Å². The van der Waals surface area contributed by atoms with Crippen molar-refractivity contribution in [3.63, 3.8) is 0 Å². The Morgan fingerprint density at radius 1 is 1.58 bits per heavy atom. The van der Waals surface area contributed by atoms with Gasteiger partial charge >= 0.3 is 6.09 Å². The molecule has 0 spiro atoms. The molecule has 0 saturated carbocycles. The van der Waals surface area contributed by atoms with E-state index >= 15 is 0 Å². The minimum absolute atomic E-state index is 0.0554. The summed E-state index contributed by atoms with van der Waals surface area (Å²) in [5.74, 6) is -0.449. The maximum absolute atomic E-state index is 11.9. The molecule has 0 aromatic carbocycles.